The number of sulfone groups is 2. The van der Waals surface area contributed by atoms with Crippen molar-refractivity contribution < 1.29 is 44.0 Å². The molecule has 0 aliphatic carbocycles. The van der Waals surface area contributed by atoms with Gasteiger partial charge in [0.15, 0.2) is 25.4 Å². The molecular weight excluding hydrogens is 821 g/mol. The quantitative estimate of drug-likeness (QED) is 0.0579. The van der Waals surface area contributed by atoms with Gasteiger partial charge in [0.2, 0.25) is 5.69 Å². The van der Waals surface area contributed by atoms with E-state index < -0.39 is 35.2 Å². The predicted molar refractivity (Wildman–Crippen MR) is 241 cm³/mol. The first-order chi connectivity index (χ1) is 28.0. The minimum atomic E-state index is -4.43. The van der Waals surface area contributed by atoms with Crippen molar-refractivity contribution in [2.24, 2.45) is 0 Å². The fourth-order valence-electron chi connectivity index (χ4n) is 8.21. The zero-order valence-electron chi connectivity index (χ0n) is 35.9. The number of carbonyl (C=O) groups excluding carboxylic acids is 2. The summed E-state index contributed by atoms with van der Waals surface area (Å²) in [4.78, 5) is 27.1. The third kappa shape index (κ3) is 12.5. The SMILES string of the molecule is C=CS(=O)(=O)CCCC(=O)CCCCCN1C(=CC=CC2=[N+](CCCCCC(=O)CCCS(=O)(=O)C=C)c3ccc(S(=O)(=O)O)cc3C2(C)C)C(C)(C)c2cc(C)ccc21. The van der Waals surface area contributed by atoms with Gasteiger partial charge in [0.25, 0.3) is 10.1 Å². The van der Waals surface area contributed by atoms with Gasteiger partial charge in [-0.25, -0.2) is 16.8 Å². The number of carbonyl (C=O) groups is 2. The minimum absolute atomic E-state index is 0.0332. The highest BCUT2D eigenvalue weighted by atomic mass is 32.2. The Morgan fingerprint density at radius 3 is 1.85 bits per heavy atom. The Kier molecular flexibility index (Phi) is 16.4. The minimum Gasteiger partial charge on any atom is -0.344 e. The number of benzene rings is 2. The second kappa shape index (κ2) is 20.3. The molecule has 0 saturated carbocycles. The van der Waals surface area contributed by atoms with Crippen LogP contribution in [0.25, 0.3) is 0 Å². The molecule has 0 amide bonds. The molecule has 14 heteroatoms. The van der Waals surface area contributed by atoms with Crippen molar-refractivity contribution >= 4 is 58.4 Å². The summed E-state index contributed by atoms with van der Waals surface area (Å²) in [7, 11) is -11.1. The molecule has 2 aliphatic heterocycles. The highest BCUT2D eigenvalue weighted by Gasteiger charge is 2.45. The first-order valence-corrected chi connectivity index (χ1v) is 25.7. The van der Waals surface area contributed by atoms with Gasteiger partial charge in [-0.15, -0.1) is 0 Å². The topological polar surface area (TPSA) is 163 Å². The lowest BCUT2D eigenvalue weighted by atomic mass is 9.81. The summed E-state index contributed by atoms with van der Waals surface area (Å²) in [5.41, 5.74) is 6.33. The summed E-state index contributed by atoms with van der Waals surface area (Å²) < 4.78 is 83.2. The first kappa shape index (κ1) is 48.7. The maximum atomic E-state index is 12.5. The molecule has 4 rings (SSSR count). The van der Waals surface area contributed by atoms with E-state index in [1.54, 1.807) is 12.1 Å². The summed E-state index contributed by atoms with van der Waals surface area (Å²) >= 11 is 0. The number of hydrogen-bond acceptors (Lipinski definition) is 9. The van der Waals surface area contributed by atoms with Crippen LogP contribution in [-0.2, 0) is 50.2 Å². The molecule has 11 nitrogen and oxygen atoms in total. The Balaban J connectivity index is 1.53. The molecular formula is C46H63N2O9S3+. The Labute approximate surface area is 358 Å². The van der Waals surface area contributed by atoms with E-state index in [1.807, 2.05) is 13.8 Å². The van der Waals surface area contributed by atoms with E-state index in [0.29, 0.717) is 32.2 Å². The van der Waals surface area contributed by atoms with Crippen LogP contribution in [0.2, 0.25) is 0 Å². The van der Waals surface area contributed by atoms with Gasteiger partial charge in [-0.3, -0.25) is 14.1 Å². The number of ketones is 2. The van der Waals surface area contributed by atoms with Gasteiger partial charge in [-0.2, -0.15) is 13.0 Å². The normalized spacial score (nSPS) is 16.7. The summed E-state index contributed by atoms with van der Waals surface area (Å²) in [6.45, 7) is 18.6. The van der Waals surface area contributed by atoms with Gasteiger partial charge < -0.3 is 4.90 Å². The van der Waals surface area contributed by atoms with Crippen LogP contribution in [0.4, 0.5) is 11.4 Å². The molecule has 2 heterocycles. The van der Waals surface area contributed by atoms with Gasteiger partial charge >= 0.3 is 0 Å². The number of nitrogens with zero attached hydrogens (tertiary/aromatic N) is 2. The molecule has 2 aromatic rings. The Morgan fingerprint density at radius 2 is 1.28 bits per heavy atom. The molecule has 0 fully saturated rings. The van der Waals surface area contributed by atoms with E-state index in [4.69, 9.17) is 0 Å². The van der Waals surface area contributed by atoms with Crippen LogP contribution in [0.1, 0.15) is 121 Å². The van der Waals surface area contributed by atoms with Crippen LogP contribution in [0.15, 0.2) is 89.2 Å². The van der Waals surface area contributed by atoms with Crippen LogP contribution < -0.4 is 4.90 Å². The average molecular weight is 884 g/mol. The molecule has 0 radical (unpaired) electrons. The molecule has 1 N–H and O–H groups in total. The standard InChI is InChI=1S/C46H62N2O9S3/c1-8-58(51,52)31-17-21-36(49)19-12-10-14-29-47-41-27-25-35(3)33-39(41)45(4,5)43(47)23-16-24-44-46(6,7)40-34-38(60(55,56)57)26-28-42(40)48(44)30-15-11-13-20-37(50)22-18-32-59(53,54)9-2/h8-9,16,23-28,33-34H,1-2,10-15,17-22,29-32H2,3-7H3/p+1. The number of hydrogen-bond donors (Lipinski definition) is 1. The third-order valence-electron chi connectivity index (χ3n) is 11.7. The summed E-state index contributed by atoms with van der Waals surface area (Å²) in [5, 5.41) is 1.86. The number of Topliss-reactive ketones (excluding diaryl/α,β-unsaturated/α-hetero) is 2. The Morgan fingerprint density at radius 1 is 0.717 bits per heavy atom. The maximum Gasteiger partial charge on any atom is 0.294 e. The Hall–Kier alpha value is -3.98. The van der Waals surface area contributed by atoms with Crippen molar-refractivity contribution in [2.45, 2.75) is 127 Å². The molecule has 0 atom stereocenters. The van der Waals surface area contributed by atoms with Crippen LogP contribution in [0, 0.1) is 6.92 Å². The zero-order valence-corrected chi connectivity index (χ0v) is 38.4. The van der Waals surface area contributed by atoms with Crippen molar-refractivity contribution in [1.29, 1.82) is 0 Å². The van der Waals surface area contributed by atoms with Crippen molar-refractivity contribution in [3.63, 3.8) is 0 Å². The van der Waals surface area contributed by atoms with E-state index in [-0.39, 0.29) is 52.6 Å². The highest BCUT2D eigenvalue weighted by molar-refractivity contribution is 7.94. The highest BCUT2D eigenvalue weighted by Crippen LogP contribution is 2.48. The van der Waals surface area contributed by atoms with E-state index in [1.165, 1.54) is 17.2 Å². The van der Waals surface area contributed by atoms with E-state index in [2.05, 4.69) is 79.8 Å². The molecule has 328 valence electrons. The van der Waals surface area contributed by atoms with Gasteiger partial charge in [0.1, 0.15) is 18.1 Å². The molecule has 0 unspecified atom stereocenters. The number of anilines is 1. The van der Waals surface area contributed by atoms with Gasteiger partial charge in [-0.1, -0.05) is 57.2 Å². The second-order valence-corrected chi connectivity index (χ2v) is 22.6. The van der Waals surface area contributed by atoms with Crippen molar-refractivity contribution in [3.8, 4) is 0 Å². The summed E-state index contributed by atoms with van der Waals surface area (Å²) in [6.07, 6.45) is 12.7. The molecule has 0 aromatic heterocycles. The van der Waals surface area contributed by atoms with Crippen LogP contribution in [0.5, 0.6) is 0 Å². The molecule has 0 spiro atoms. The smallest absolute Gasteiger partial charge is 0.294 e. The third-order valence-corrected chi connectivity index (χ3v) is 15.2. The lowest BCUT2D eigenvalue weighted by Gasteiger charge is -2.27. The molecule has 0 saturated heterocycles. The lowest BCUT2D eigenvalue weighted by Crippen LogP contribution is -2.28. The van der Waals surface area contributed by atoms with Crippen molar-refractivity contribution in [3.05, 3.63) is 101 Å². The largest absolute Gasteiger partial charge is 0.344 e. The zero-order chi connectivity index (χ0) is 44.5. The van der Waals surface area contributed by atoms with E-state index >= 15 is 0 Å². The summed E-state index contributed by atoms with van der Waals surface area (Å²) in [6, 6.07) is 11.2. The van der Waals surface area contributed by atoms with Gasteiger partial charge in [0, 0.05) is 84.0 Å². The molecule has 2 aromatic carbocycles. The average Bonchev–Trinajstić information content (AvgIpc) is 3.51. The van der Waals surface area contributed by atoms with Gasteiger partial charge in [0.05, 0.1) is 21.8 Å². The number of aryl methyl sites for hydroxylation is 1. The van der Waals surface area contributed by atoms with Crippen LogP contribution >= 0.6 is 0 Å². The second-order valence-electron chi connectivity index (χ2n) is 17.0. The number of unbranched alkanes of at least 4 members (excludes halogenated alkanes) is 4. The molecule has 2 aliphatic rings. The van der Waals surface area contributed by atoms with Gasteiger partial charge in [-0.05, 0) is 89.1 Å². The lowest BCUT2D eigenvalue weighted by molar-refractivity contribution is -0.438. The van der Waals surface area contributed by atoms with Crippen molar-refractivity contribution in [1.82, 2.24) is 0 Å². The monoisotopic (exact) mass is 883 g/mol. The summed E-state index contributed by atoms with van der Waals surface area (Å²) in [5.74, 6) is -0.0445. The fraction of sp³-hybridized carbons (Fsp3) is 0.500. The molecule has 60 heavy (non-hydrogen) atoms. The van der Waals surface area contributed by atoms with Crippen LogP contribution in [0.3, 0.4) is 0 Å². The fourth-order valence-corrected chi connectivity index (χ4v) is 10.1. The predicted octanol–water partition coefficient (Wildman–Crippen LogP) is 8.79. The number of rotatable bonds is 25. The maximum absolute atomic E-state index is 12.5. The van der Waals surface area contributed by atoms with E-state index in [0.717, 1.165) is 77.8 Å². The van der Waals surface area contributed by atoms with E-state index in [9.17, 15) is 39.4 Å². The van der Waals surface area contributed by atoms with Crippen molar-refractivity contribution in [2.75, 3.05) is 29.5 Å². The number of allylic oxidation sites excluding steroid dienone is 4. The Bertz CT molecular complexity index is 2390. The number of fused-ring (bicyclic) bond motifs is 2. The van der Waals surface area contributed by atoms with Crippen LogP contribution in [-0.4, -0.2) is 76.3 Å². The first-order valence-electron chi connectivity index (χ1n) is 20.8. The molecule has 0 bridgehead atoms.